The lowest BCUT2D eigenvalue weighted by molar-refractivity contribution is -0.119. The number of primary amides is 1. The molecular formula is C16H21N7O2. The SMILES string of the molecule is NC(=O)CN1CCCN(C(=O)Nc2cccnc2-n2cccn2)CC1. The molecule has 1 aliphatic heterocycles. The number of rotatable bonds is 4. The molecule has 9 heteroatoms. The van der Waals surface area contributed by atoms with Crippen LogP contribution in [0.5, 0.6) is 0 Å². The van der Waals surface area contributed by atoms with Crippen molar-refractivity contribution in [3.63, 3.8) is 0 Å². The van der Waals surface area contributed by atoms with Gasteiger partial charge in [-0.15, -0.1) is 0 Å². The quantitative estimate of drug-likeness (QED) is 0.829. The van der Waals surface area contributed by atoms with Crippen molar-refractivity contribution in [3.05, 3.63) is 36.8 Å². The Morgan fingerprint density at radius 2 is 2.04 bits per heavy atom. The second-order valence-electron chi connectivity index (χ2n) is 5.84. The Kier molecular flexibility index (Phi) is 5.24. The molecule has 3 amide bonds. The molecule has 1 saturated heterocycles. The highest BCUT2D eigenvalue weighted by Crippen LogP contribution is 2.17. The summed E-state index contributed by atoms with van der Waals surface area (Å²) < 4.78 is 1.60. The van der Waals surface area contributed by atoms with Crippen molar-refractivity contribution in [2.75, 3.05) is 38.0 Å². The van der Waals surface area contributed by atoms with Crippen molar-refractivity contribution in [1.29, 1.82) is 0 Å². The number of hydrogen-bond acceptors (Lipinski definition) is 5. The molecule has 0 aromatic carbocycles. The summed E-state index contributed by atoms with van der Waals surface area (Å²) in [4.78, 5) is 31.7. The van der Waals surface area contributed by atoms with Crippen LogP contribution in [0.3, 0.4) is 0 Å². The van der Waals surface area contributed by atoms with Crippen molar-refractivity contribution in [3.8, 4) is 5.82 Å². The lowest BCUT2D eigenvalue weighted by atomic mass is 10.3. The Labute approximate surface area is 145 Å². The van der Waals surface area contributed by atoms with Gasteiger partial charge in [0, 0.05) is 44.8 Å². The molecule has 1 aliphatic rings. The molecule has 2 aromatic heterocycles. The monoisotopic (exact) mass is 343 g/mol. The molecule has 1 fully saturated rings. The van der Waals surface area contributed by atoms with E-state index in [-0.39, 0.29) is 18.5 Å². The van der Waals surface area contributed by atoms with Crippen LogP contribution in [0.1, 0.15) is 6.42 Å². The average Bonchev–Trinajstić information content (AvgIpc) is 3.02. The van der Waals surface area contributed by atoms with Gasteiger partial charge in [0.05, 0.1) is 12.2 Å². The minimum Gasteiger partial charge on any atom is -0.369 e. The molecule has 3 rings (SSSR count). The van der Waals surface area contributed by atoms with Crippen molar-refractivity contribution < 1.29 is 9.59 Å². The van der Waals surface area contributed by atoms with E-state index in [1.54, 1.807) is 46.4 Å². The standard InChI is InChI=1S/C16H21N7O2/c17-14(24)12-21-7-3-8-22(11-10-21)16(25)20-13-4-1-5-18-15(13)23-9-2-6-19-23/h1-2,4-6,9H,3,7-8,10-12H2,(H2,17,24)(H,20,25). The Morgan fingerprint density at radius 3 is 2.80 bits per heavy atom. The van der Waals surface area contributed by atoms with Gasteiger partial charge in [-0.05, 0) is 24.6 Å². The number of anilines is 1. The first kappa shape index (κ1) is 16.9. The third kappa shape index (κ3) is 4.32. The third-order valence-corrected chi connectivity index (χ3v) is 4.00. The van der Waals surface area contributed by atoms with Crippen LogP contribution in [-0.4, -0.2) is 69.2 Å². The van der Waals surface area contributed by atoms with Crippen LogP contribution in [0.15, 0.2) is 36.8 Å². The molecule has 3 N–H and O–H groups in total. The zero-order chi connectivity index (χ0) is 17.6. The smallest absolute Gasteiger partial charge is 0.321 e. The largest absolute Gasteiger partial charge is 0.369 e. The second-order valence-corrected chi connectivity index (χ2v) is 5.84. The fourth-order valence-electron chi connectivity index (χ4n) is 2.82. The van der Waals surface area contributed by atoms with E-state index in [1.807, 2.05) is 4.90 Å². The number of urea groups is 1. The number of aromatic nitrogens is 3. The summed E-state index contributed by atoms with van der Waals surface area (Å²) in [5.41, 5.74) is 5.84. The van der Waals surface area contributed by atoms with Crippen molar-refractivity contribution in [2.24, 2.45) is 5.73 Å². The van der Waals surface area contributed by atoms with Gasteiger partial charge in [-0.2, -0.15) is 5.10 Å². The molecule has 9 nitrogen and oxygen atoms in total. The predicted octanol–water partition coefficient (Wildman–Crippen LogP) is 0.292. The van der Waals surface area contributed by atoms with Crippen LogP contribution >= 0.6 is 0 Å². The summed E-state index contributed by atoms with van der Waals surface area (Å²) in [5, 5.41) is 7.06. The number of nitrogens with two attached hydrogens (primary N) is 1. The number of hydrogen-bond donors (Lipinski definition) is 2. The first-order valence-corrected chi connectivity index (χ1v) is 8.15. The van der Waals surface area contributed by atoms with Crippen molar-refractivity contribution in [1.82, 2.24) is 24.6 Å². The average molecular weight is 343 g/mol. The molecule has 0 atom stereocenters. The number of carbonyl (C=O) groups excluding carboxylic acids is 2. The summed E-state index contributed by atoms with van der Waals surface area (Å²) in [6.07, 6.45) is 5.87. The molecule has 0 bridgehead atoms. The van der Waals surface area contributed by atoms with Crippen LogP contribution < -0.4 is 11.1 Å². The topological polar surface area (TPSA) is 109 Å². The minimum atomic E-state index is -0.350. The third-order valence-electron chi connectivity index (χ3n) is 4.00. The highest BCUT2D eigenvalue weighted by molar-refractivity contribution is 5.91. The molecule has 0 aliphatic carbocycles. The molecule has 25 heavy (non-hydrogen) atoms. The van der Waals surface area contributed by atoms with Gasteiger partial charge in [-0.1, -0.05) is 0 Å². The Morgan fingerprint density at radius 1 is 1.16 bits per heavy atom. The number of pyridine rings is 1. The molecule has 0 radical (unpaired) electrons. The van der Waals surface area contributed by atoms with Crippen LogP contribution in [-0.2, 0) is 4.79 Å². The Bertz CT molecular complexity index is 732. The van der Waals surface area contributed by atoms with E-state index in [2.05, 4.69) is 15.4 Å². The summed E-state index contributed by atoms with van der Waals surface area (Å²) in [6, 6.07) is 5.16. The summed E-state index contributed by atoms with van der Waals surface area (Å²) in [7, 11) is 0. The van der Waals surface area contributed by atoms with Gasteiger partial charge in [0.1, 0.15) is 0 Å². The van der Waals surface area contributed by atoms with Crippen LogP contribution in [0, 0.1) is 0 Å². The van der Waals surface area contributed by atoms with E-state index in [0.717, 1.165) is 13.0 Å². The van der Waals surface area contributed by atoms with Gasteiger partial charge >= 0.3 is 6.03 Å². The van der Waals surface area contributed by atoms with Gasteiger partial charge in [0.2, 0.25) is 5.91 Å². The summed E-state index contributed by atoms with van der Waals surface area (Å²) >= 11 is 0. The van der Waals surface area contributed by atoms with E-state index < -0.39 is 0 Å². The normalized spacial score (nSPS) is 15.6. The van der Waals surface area contributed by atoms with Gasteiger partial charge in [-0.3, -0.25) is 9.69 Å². The van der Waals surface area contributed by atoms with Gasteiger partial charge < -0.3 is 16.0 Å². The van der Waals surface area contributed by atoms with E-state index in [9.17, 15) is 9.59 Å². The number of carbonyl (C=O) groups is 2. The first-order chi connectivity index (χ1) is 12.1. The second kappa shape index (κ2) is 7.75. The van der Waals surface area contributed by atoms with Gasteiger partial charge in [0.15, 0.2) is 5.82 Å². The first-order valence-electron chi connectivity index (χ1n) is 8.15. The summed E-state index contributed by atoms with van der Waals surface area (Å²) in [5.74, 6) is 0.211. The lowest BCUT2D eigenvalue weighted by Gasteiger charge is -2.22. The molecule has 132 valence electrons. The highest BCUT2D eigenvalue weighted by Gasteiger charge is 2.21. The molecule has 0 spiro atoms. The molecule has 3 heterocycles. The van der Waals surface area contributed by atoms with Crippen molar-refractivity contribution >= 4 is 17.6 Å². The van der Waals surface area contributed by atoms with Crippen LogP contribution in [0.25, 0.3) is 5.82 Å². The molecule has 0 saturated carbocycles. The van der Waals surface area contributed by atoms with E-state index >= 15 is 0 Å². The fourth-order valence-corrected chi connectivity index (χ4v) is 2.82. The van der Waals surface area contributed by atoms with Crippen molar-refractivity contribution in [2.45, 2.75) is 6.42 Å². The lowest BCUT2D eigenvalue weighted by Crippen LogP contribution is -2.39. The predicted molar refractivity (Wildman–Crippen MR) is 92.2 cm³/mol. The minimum absolute atomic E-state index is 0.192. The number of amides is 3. The maximum Gasteiger partial charge on any atom is 0.321 e. The zero-order valence-electron chi connectivity index (χ0n) is 13.8. The Hall–Kier alpha value is -2.94. The maximum absolute atomic E-state index is 12.6. The molecule has 0 unspecified atom stereocenters. The molecule has 2 aromatic rings. The number of nitrogens with zero attached hydrogens (tertiary/aromatic N) is 5. The fraction of sp³-hybridized carbons (Fsp3) is 0.375. The van der Waals surface area contributed by atoms with Crippen LogP contribution in [0.4, 0.5) is 10.5 Å². The van der Waals surface area contributed by atoms with Gasteiger partial charge in [0.25, 0.3) is 0 Å². The van der Waals surface area contributed by atoms with E-state index in [4.69, 9.17) is 5.73 Å². The van der Waals surface area contributed by atoms with E-state index in [1.165, 1.54) is 0 Å². The zero-order valence-corrected chi connectivity index (χ0v) is 13.8. The Balaban J connectivity index is 1.66. The molecular weight excluding hydrogens is 322 g/mol. The van der Waals surface area contributed by atoms with Crippen LogP contribution in [0.2, 0.25) is 0 Å². The summed E-state index contributed by atoms with van der Waals surface area (Å²) in [6.45, 7) is 2.75. The van der Waals surface area contributed by atoms with E-state index in [0.29, 0.717) is 31.1 Å². The van der Waals surface area contributed by atoms with Gasteiger partial charge in [-0.25, -0.2) is 14.5 Å². The number of nitrogens with one attached hydrogen (secondary N) is 1. The maximum atomic E-state index is 12.6. The highest BCUT2D eigenvalue weighted by atomic mass is 16.2.